The molecule has 1 aromatic carbocycles. The highest BCUT2D eigenvalue weighted by atomic mass is 79.9. The van der Waals surface area contributed by atoms with Crippen molar-refractivity contribution in [1.82, 2.24) is 19.9 Å². The van der Waals surface area contributed by atoms with E-state index in [1.165, 1.54) is 0 Å². The summed E-state index contributed by atoms with van der Waals surface area (Å²) in [4.78, 5) is 15.4. The summed E-state index contributed by atoms with van der Waals surface area (Å²) in [6, 6.07) is 9.64. The first-order valence-corrected chi connectivity index (χ1v) is 7.47. The van der Waals surface area contributed by atoms with Gasteiger partial charge in [0.05, 0.1) is 23.8 Å². The summed E-state index contributed by atoms with van der Waals surface area (Å²) in [5.41, 5.74) is 4.37. The predicted molar refractivity (Wildman–Crippen MR) is 89.7 cm³/mol. The molecule has 22 heavy (non-hydrogen) atoms. The van der Waals surface area contributed by atoms with Gasteiger partial charge in [-0.2, -0.15) is 0 Å². The van der Waals surface area contributed by atoms with Crippen LogP contribution in [0.15, 0.2) is 41.1 Å². The fourth-order valence-electron chi connectivity index (χ4n) is 2.43. The number of fused-ring (bicyclic) bond motifs is 2. The summed E-state index contributed by atoms with van der Waals surface area (Å²) >= 11 is 3.39. The first-order chi connectivity index (χ1) is 10.7. The van der Waals surface area contributed by atoms with Crippen LogP contribution in [0.2, 0.25) is 0 Å². The van der Waals surface area contributed by atoms with E-state index in [1.54, 1.807) is 7.11 Å². The fraction of sp³-hybridized carbons (Fsp3) is 0.0667. The Morgan fingerprint density at radius 3 is 2.86 bits per heavy atom. The number of nitrogens with zero attached hydrogens (tertiary/aromatic N) is 2. The van der Waals surface area contributed by atoms with E-state index >= 15 is 0 Å². The van der Waals surface area contributed by atoms with Crippen LogP contribution < -0.4 is 10.1 Å². The molecule has 0 aliphatic carbocycles. The van der Waals surface area contributed by atoms with Crippen LogP contribution in [0, 0.1) is 0 Å². The quantitative estimate of drug-likeness (QED) is 0.485. The number of aromatic amines is 2. The zero-order valence-corrected chi connectivity index (χ0v) is 13.2. The number of ether oxygens (including phenoxy) is 1. The van der Waals surface area contributed by atoms with Crippen molar-refractivity contribution in [2.45, 2.75) is 0 Å². The van der Waals surface area contributed by atoms with Crippen LogP contribution in [-0.4, -0.2) is 27.0 Å². The van der Waals surface area contributed by atoms with E-state index in [0.29, 0.717) is 5.95 Å². The van der Waals surface area contributed by atoms with Gasteiger partial charge in [0, 0.05) is 6.20 Å². The maximum atomic E-state index is 5.33. The molecule has 110 valence electrons. The van der Waals surface area contributed by atoms with Crippen LogP contribution in [0.3, 0.4) is 0 Å². The van der Waals surface area contributed by atoms with Gasteiger partial charge in [-0.15, -0.1) is 0 Å². The first kappa shape index (κ1) is 13.1. The van der Waals surface area contributed by atoms with Crippen LogP contribution >= 0.6 is 15.9 Å². The molecule has 3 N–H and O–H groups in total. The van der Waals surface area contributed by atoms with Gasteiger partial charge in [0.15, 0.2) is 0 Å². The zero-order chi connectivity index (χ0) is 15.1. The Balaban J connectivity index is 1.77. The third-order valence-electron chi connectivity index (χ3n) is 3.44. The van der Waals surface area contributed by atoms with Crippen LogP contribution in [0.1, 0.15) is 0 Å². The van der Waals surface area contributed by atoms with Crippen LogP contribution in [0.25, 0.3) is 22.1 Å². The zero-order valence-electron chi connectivity index (χ0n) is 11.6. The number of hydrogen-bond donors (Lipinski definition) is 3. The third kappa shape index (κ3) is 2.10. The average Bonchev–Trinajstić information content (AvgIpc) is 3.11. The second kappa shape index (κ2) is 5.03. The molecule has 4 aromatic rings. The number of benzene rings is 1. The molecule has 0 spiro atoms. The van der Waals surface area contributed by atoms with Gasteiger partial charge in [-0.25, -0.2) is 9.97 Å². The Bertz CT molecular complexity index is 975. The minimum absolute atomic E-state index is 0.641. The molecule has 7 heteroatoms. The number of H-pyrrole nitrogens is 2. The van der Waals surface area contributed by atoms with Crippen LogP contribution in [-0.2, 0) is 0 Å². The van der Waals surface area contributed by atoms with E-state index in [4.69, 9.17) is 4.74 Å². The van der Waals surface area contributed by atoms with Crippen LogP contribution in [0.5, 0.6) is 5.75 Å². The highest BCUT2D eigenvalue weighted by Crippen LogP contribution is 2.28. The topological polar surface area (TPSA) is 78.6 Å². The molecule has 0 unspecified atom stereocenters. The lowest BCUT2D eigenvalue weighted by molar-refractivity contribution is 0.419. The standard InChI is InChI=1S/C15H12BrN5O/c1-22-11-4-2-3-9-14(11)21-15(18-9)19-10-7-17-8-5-6-12(16)20-13(8)10/h2-7,17H,1H3,(H2,18,19,21). The SMILES string of the molecule is COc1cccc2[nH]c(Nc3c[nH]c4ccc(Br)nc34)nc12. The highest BCUT2D eigenvalue weighted by molar-refractivity contribution is 9.10. The number of para-hydroxylation sites is 1. The van der Waals surface area contributed by atoms with Crippen molar-refractivity contribution in [2.24, 2.45) is 0 Å². The number of anilines is 2. The van der Waals surface area contributed by atoms with Crippen LogP contribution in [0.4, 0.5) is 11.6 Å². The molecule has 6 nitrogen and oxygen atoms in total. The monoisotopic (exact) mass is 357 g/mol. The Hall–Kier alpha value is -2.54. The molecule has 0 saturated heterocycles. The Morgan fingerprint density at radius 2 is 2.00 bits per heavy atom. The first-order valence-electron chi connectivity index (χ1n) is 6.68. The molecule has 0 saturated carbocycles. The maximum absolute atomic E-state index is 5.33. The molecule has 3 aromatic heterocycles. The number of halogens is 1. The molecule has 0 radical (unpaired) electrons. The summed E-state index contributed by atoms with van der Waals surface area (Å²) in [5, 5.41) is 3.26. The molecule has 0 bridgehead atoms. The lowest BCUT2D eigenvalue weighted by atomic mass is 10.3. The van der Waals surface area contributed by atoms with Gasteiger partial charge < -0.3 is 20.0 Å². The maximum Gasteiger partial charge on any atom is 0.205 e. The number of aromatic nitrogens is 4. The summed E-state index contributed by atoms with van der Waals surface area (Å²) in [5.74, 6) is 1.38. The third-order valence-corrected chi connectivity index (χ3v) is 3.88. The lowest BCUT2D eigenvalue weighted by Crippen LogP contribution is -1.92. The average molecular weight is 358 g/mol. The number of rotatable bonds is 3. The Kier molecular flexibility index (Phi) is 3.00. The molecule has 0 atom stereocenters. The van der Waals surface area contributed by atoms with Gasteiger partial charge >= 0.3 is 0 Å². The lowest BCUT2D eigenvalue weighted by Gasteiger charge is -2.00. The number of methoxy groups -OCH3 is 1. The van der Waals surface area contributed by atoms with Crippen molar-refractivity contribution in [3.8, 4) is 5.75 Å². The van der Waals surface area contributed by atoms with Crippen molar-refractivity contribution >= 4 is 49.6 Å². The summed E-state index contributed by atoms with van der Waals surface area (Å²) in [6.07, 6.45) is 1.87. The van der Waals surface area contributed by atoms with Crippen molar-refractivity contribution in [3.05, 3.63) is 41.1 Å². The number of imidazole rings is 1. The molecular formula is C15H12BrN5O. The van der Waals surface area contributed by atoms with Gasteiger partial charge in [0.2, 0.25) is 5.95 Å². The van der Waals surface area contributed by atoms with Gasteiger partial charge in [0.1, 0.15) is 21.4 Å². The summed E-state index contributed by atoms with van der Waals surface area (Å²) < 4.78 is 6.11. The molecule has 0 fully saturated rings. The van der Waals surface area contributed by atoms with E-state index in [1.807, 2.05) is 36.5 Å². The largest absolute Gasteiger partial charge is 0.494 e. The Morgan fingerprint density at radius 1 is 1.09 bits per heavy atom. The molecule has 4 rings (SSSR count). The number of pyridine rings is 1. The second-order valence-corrected chi connectivity index (χ2v) is 5.61. The van der Waals surface area contributed by atoms with E-state index in [0.717, 1.165) is 38.1 Å². The van der Waals surface area contributed by atoms with E-state index < -0.39 is 0 Å². The van der Waals surface area contributed by atoms with E-state index in [2.05, 4.69) is 41.2 Å². The smallest absolute Gasteiger partial charge is 0.205 e. The van der Waals surface area contributed by atoms with E-state index in [9.17, 15) is 0 Å². The summed E-state index contributed by atoms with van der Waals surface area (Å²) in [7, 11) is 1.64. The summed E-state index contributed by atoms with van der Waals surface area (Å²) in [6.45, 7) is 0. The number of nitrogens with one attached hydrogen (secondary N) is 3. The van der Waals surface area contributed by atoms with Gasteiger partial charge in [-0.05, 0) is 40.2 Å². The van der Waals surface area contributed by atoms with Gasteiger partial charge in [-0.3, -0.25) is 0 Å². The second-order valence-electron chi connectivity index (χ2n) is 4.80. The van der Waals surface area contributed by atoms with Crippen molar-refractivity contribution in [1.29, 1.82) is 0 Å². The minimum Gasteiger partial charge on any atom is -0.494 e. The molecule has 0 amide bonds. The fourth-order valence-corrected chi connectivity index (χ4v) is 2.74. The van der Waals surface area contributed by atoms with Crippen molar-refractivity contribution in [2.75, 3.05) is 12.4 Å². The Labute approximate surface area is 134 Å². The molecule has 0 aliphatic heterocycles. The van der Waals surface area contributed by atoms with E-state index in [-0.39, 0.29) is 0 Å². The normalized spacial score (nSPS) is 11.2. The molecule has 0 aliphatic rings. The van der Waals surface area contributed by atoms with Crippen molar-refractivity contribution < 1.29 is 4.74 Å². The molecule has 3 heterocycles. The minimum atomic E-state index is 0.641. The highest BCUT2D eigenvalue weighted by Gasteiger charge is 2.10. The molecular weight excluding hydrogens is 346 g/mol. The van der Waals surface area contributed by atoms with Gasteiger partial charge in [-0.1, -0.05) is 6.07 Å². The van der Waals surface area contributed by atoms with Crippen molar-refractivity contribution in [3.63, 3.8) is 0 Å². The predicted octanol–water partition coefficient (Wildman–Crippen LogP) is 3.95. The number of hydrogen-bond acceptors (Lipinski definition) is 4. The van der Waals surface area contributed by atoms with Gasteiger partial charge in [0.25, 0.3) is 0 Å².